The van der Waals surface area contributed by atoms with Crippen molar-refractivity contribution >= 4 is 16.9 Å². The van der Waals surface area contributed by atoms with Crippen LogP contribution in [0.1, 0.15) is 37.1 Å². The minimum atomic E-state index is -0.655. The van der Waals surface area contributed by atoms with Crippen LogP contribution in [0.3, 0.4) is 0 Å². The molecule has 1 unspecified atom stereocenters. The molecule has 1 aromatic heterocycles. The van der Waals surface area contributed by atoms with E-state index >= 15 is 0 Å². The normalized spacial score (nSPS) is 18.2. The van der Waals surface area contributed by atoms with Crippen LogP contribution < -0.4 is 0 Å². The van der Waals surface area contributed by atoms with Crippen LogP contribution >= 0.6 is 0 Å². The number of benzene rings is 1. The molecule has 2 aromatic rings. The zero-order valence-corrected chi connectivity index (χ0v) is 13.0. The Morgan fingerprint density at radius 3 is 2.86 bits per heavy atom. The van der Waals surface area contributed by atoms with Gasteiger partial charge < -0.3 is 9.67 Å². The molecule has 1 aliphatic carbocycles. The van der Waals surface area contributed by atoms with Gasteiger partial charge in [0, 0.05) is 23.1 Å². The smallest absolute Gasteiger partial charge is 0.306 e. The van der Waals surface area contributed by atoms with Crippen molar-refractivity contribution in [3.05, 3.63) is 35.0 Å². The Morgan fingerprint density at radius 1 is 1.43 bits per heavy atom. The fourth-order valence-electron chi connectivity index (χ4n) is 3.55. The average Bonchev–Trinajstić information content (AvgIpc) is 2.71. The summed E-state index contributed by atoms with van der Waals surface area (Å²) in [6, 6.07) is 6.57. The SMILES string of the molecule is Cc1ccc2c(c1)c1c(n2CC(C)C)CCC(C(=O)O)C1. The lowest BCUT2D eigenvalue weighted by Gasteiger charge is -2.21. The number of hydrogen-bond acceptors (Lipinski definition) is 1. The number of carboxylic acid groups (broad SMARTS) is 1. The Morgan fingerprint density at radius 2 is 2.19 bits per heavy atom. The number of carbonyl (C=O) groups is 1. The maximum atomic E-state index is 11.3. The van der Waals surface area contributed by atoms with E-state index in [-0.39, 0.29) is 5.92 Å². The van der Waals surface area contributed by atoms with E-state index in [1.54, 1.807) is 0 Å². The molecule has 0 amide bonds. The van der Waals surface area contributed by atoms with Gasteiger partial charge in [-0.3, -0.25) is 4.79 Å². The molecule has 0 saturated heterocycles. The van der Waals surface area contributed by atoms with E-state index in [4.69, 9.17) is 0 Å². The molecule has 3 nitrogen and oxygen atoms in total. The second-order valence-electron chi connectivity index (χ2n) is 6.73. The minimum Gasteiger partial charge on any atom is -0.481 e. The number of hydrogen-bond donors (Lipinski definition) is 1. The first-order valence-electron chi connectivity index (χ1n) is 7.80. The summed E-state index contributed by atoms with van der Waals surface area (Å²) in [5.41, 5.74) is 5.14. The van der Waals surface area contributed by atoms with Crippen LogP contribution in [0.2, 0.25) is 0 Å². The number of aromatic nitrogens is 1. The first-order chi connectivity index (χ1) is 9.97. The summed E-state index contributed by atoms with van der Waals surface area (Å²) >= 11 is 0. The van der Waals surface area contributed by atoms with E-state index in [0.29, 0.717) is 12.3 Å². The number of rotatable bonds is 3. The Labute approximate surface area is 125 Å². The highest BCUT2D eigenvalue weighted by molar-refractivity contribution is 5.87. The lowest BCUT2D eigenvalue weighted by atomic mass is 9.86. The zero-order valence-electron chi connectivity index (χ0n) is 13.0. The van der Waals surface area contributed by atoms with Gasteiger partial charge in [0.15, 0.2) is 0 Å². The van der Waals surface area contributed by atoms with Crippen molar-refractivity contribution in [2.45, 2.75) is 46.6 Å². The fraction of sp³-hybridized carbons (Fsp3) is 0.500. The quantitative estimate of drug-likeness (QED) is 0.932. The van der Waals surface area contributed by atoms with Crippen LogP contribution in [-0.2, 0) is 24.2 Å². The molecule has 21 heavy (non-hydrogen) atoms. The summed E-state index contributed by atoms with van der Waals surface area (Å²) in [6.07, 6.45) is 2.32. The number of aliphatic carboxylic acids is 1. The van der Waals surface area contributed by atoms with Crippen LogP contribution in [0.5, 0.6) is 0 Å². The molecule has 0 aliphatic heterocycles. The lowest BCUT2D eigenvalue weighted by molar-refractivity contribution is -0.142. The van der Waals surface area contributed by atoms with Gasteiger partial charge in [0.05, 0.1) is 5.92 Å². The molecule has 3 rings (SSSR count). The number of aryl methyl sites for hydroxylation is 1. The van der Waals surface area contributed by atoms with Crippen LogP contribution in [0, 0.1) is 18.8 Å². The van der Waals surface area contributed by atoms with Gasteiger partial charge in [0.25, 0.3) is 0 Å². The Kier molecular flexibility index (Phi) is 3.52. The maximum absolute atomic E-state index is 11.3. The molecular weight excluding hydrogens is 262 g/mol. The van der Waals surface area contributed by atoms with Crippen molar-refractivity contribution in [1.29, 1.82) is 0 Å². The molecule has 0 radical (unpaired) electrons. The molecule has 1 heterocycles. The molecule has 0 spiro atoms. The predicted molar refractivity (Wildman–Crippen MR) is 84.7 cm³/mol. The topological polar surface area (TPSA) is 42.2 Å². The summed E-state index contributed by atoms with van der Waals surface area (Å²) in [4.78, 5) is 11.3. The van der Waals surface area contributed by atoms with Gasteiger partial charge in [0.1, 0.15) is 0 Å². The van der Waals surface area contributed by atoms with E-state index in [2.05, 4.69) is 43.5 Å². The summed E-state index contributed by atoms with van der Waals surface area (Å²) in [6.45, 7) is 7.57. The van der Waals surface area contributed by atoms with Crippen molar-refractivity contribution in [2.24, 2.45) is 11.8 Å². The van der Waals surface area contributed by atoms with E-state index in [0.717, 1.165) is 19.4 Å². The Bertz CT molecular complexity index is 697. The number of carboxylic acids is 1. The zero-order chi connectivity index (χ0) is 15.1. The molecule has 0 saturated carbocycles. The van der Waals surface area contributed by atoms with Crippen LogP contribution in [0.25, 0.3) is 10.9 Å². The van der Waals surface area contributed by atoms with Gasteiger partial charge in [-0.1, -0.05) is 25.5 Å². The van der Waals surface area contributed by atoms with E-state index in [1.807, 2.05) is 0 Å². The first kappa shape index (κ1) is 14.2. The standard InChI is InChI=1S/C18H23NO2/c1-11(2)10-19-16-6-4-12(3)8-14(16)15-9-13(18(20)21)5-7-17(15)19/h4,6,8,11,13H,5,7,9-10H2,1-3H3,(H,20,21). The molecule has 0 fully saturated rings. The first-order valence-corrected chi connectivity index (χ1v) is 7.80. The maximum Gasteiger partial charge on any atom is 0.306 e. The van der Waals surface area contributed by atoms with Crippen LogP contribution in [0.15, 0.2) is 18.2 Å². The van der Waals surface area contributed by atoms with Gasteiger partial charge in [-0.25, -0.2) is 0 Å². The van der Waals surface area contributed by atoms with E-state index in [1.165, 1.54) is 27.7 Å². The summed E-state index contributed by atoms with van der Waals surface area (Å²) in [5, 5.41) is 10.6. The van der Waals surface area contributed by atoms with E-state index < -0.39 is 5.97 Å². The third-order valence-corrected chi connectivity index (χ3v) is 4.52. The van der Waals surface area contributed by atoms with E-state index in [9.17, 15) is 9.90 Å². The van der Waals surface area contributed by atoms with Gasteiger partial charge in [-0.05, 0) is 49.8 Å². The third-order valence-electron chi connectivity index (χ3n) is 4.52. The number of nitrogens with zero attached hydrogens (tertiary/aromatic N) is 1. The van der Waals surface area contributed by atoms with Crippen LogP contribution in [0.4, 0.5) is 0 Å². The Balaban J connectivity index is 2.18. The van der Waals surface area contributed by atoms with Gasteiger partial charge in [0.2, 0.25) is 0 Å². The molecule has 1 atom stereocenters. The minimum absolute atomic E-state index is 0.226. The Hall–Kier alpha value is -1.77. The van der Waals surface area contributed by atoms with Gasteiger partial charge in [-0.15, -0.1) is 0 Å². The highest BCUT2D eigenvalue weighted by Crippen LogP contribution is 2.35. The van der Waals surface area contributed by atoms with Crippen molar-refractivity contribution in [3.8, 4) is 0 Å². The highest BCUT2D eigenvalue weighted by Gasteiger charge is 2.29. The molecule has 1 aliphatic rings. The molecule has 3 heteroatoms. The van der Waals surface area contributed by atoms with Gasteiger partial charge >= 0.3 is 5.97 Å². The van der Waals surface area contributed by atoms with Crippen molar-refractivity contribution in [1.82, 2.24) is 4.57 Å². The van der Waals surface area contributed by atoms with Crippen molar-refractivity contribution in [3.63, 3.8) is 0 Å². The molecule has 0 bridgehead atoms. The lowest BCUT2D eigenvalue weighted by Crippen LogP contribution is -2.23. The van der Waals surface area contributed by atoms with Gasteiger partial charge in [-0.2, -0.15) is 0 Å². The monoisotopic (exact) mass is 285 g/mol. The molecule has 1 N–H and O–H groups in total. The summed E-state index contributed by atoms with van der Waals surface area (Å²) < 4.78 is 2.42. The number of fused-ring (bicyclic) bond motifs is 3. The molecule has 112 valence electrons. The van der Waals surface area contributed by atoms with Crippen molar-refractivity contribution < 1.29 is 9.90 Å². The second kappa shape index (κ2) is 5.21. The summed E-state index contributed by atoms with van der Waals surface area (Å²) in [7, 11) is 0. The fourth-order valence-corrected chi connectivity index (χ4v) is 3.55. The predicted octanol–water partition coefficient (Wildman–Crippen LogP) is 3.80. The summed E-state index contributed by atoms with van der Waals surface area (Å²) in [5.74, 6) is -0.294. The average molecular weight is 285 g/mol. The van der Waals surface area contributed by atoms with Crippen LogP contribution in [-0.4, -0.2) is 15.6 Å². The highest BCUT2D eigenvalue weighted by atomic mass is 16.4. The van der Waals surface area contributed by atoms with Crippen molar-refractivity contribution in [2.75, 3.05) is 0 Å². The molecular formula is C18H23NO2. The second-order valence-corrected chi connectivity index (χ2v) is 6.73. The largest absolute Gasteiger partial charge is 0.481 e. The molecule has 1 aromatic carbocycles. The third kappa shape index (κ3) is 2.45.